The molecule has 0 aliphatic heterocycles. The van der Waals surface area contributed by atoms with Crippen LogP contribution < -0.4 is 0 Å². The summed E-state index contributed by atoms with van der Waals surface area (Å²) in [5.41, 5.74) is 3.27. The largest absolute Gasteiger partial charge is 0.129 e. The van der Waals surface area contributed by atoms with E-state index in [0.717, 1.165) is 5.92 Å². The molecule has 0 nitrogen and oxygen atoms in total. The highest BCUT2D eigenvalue weighted by Crippen LogP contribution is 2.26. The van der Waals surface area contributed by atoms with Crippen molar-refractivity contribution in [3.63, 3.8) is 0 Å². The molecular formula is C11H18. The van der Waals surface area contributed by atoms with E-state index in [1.807, 2.05) is 0 Å². The van der Waals surface area contributed by atoms with Crippen LogP contribution in [0.4, 0.5) is 0 Å². The molecule has 0 bridgehead atoms. The molecule has 0 aromatic heterocycles. The lowest BCUT2D eigenvalue weighted by Crippen LogP contribution is -2.06. The first-order valence-corrected chi connectivity index (χ1v) is 4.84. The Bertz CT molecular complexity index is 145. The second kappa shape index (κ2) is 5.21. The van der Waals surface area contributed by atoms with Gasteiger partial charge in [-0.05, 0) is 43.8 Å². The molecule has 1 aliphatic carbocycles. The quantitative estimate of drug-likeness (QED) is 0.423. The van der Waals surface area contributed by atoms with E-state index in [-0.39, 0.29) is 0 Å². The Kier molecular flexibility index (Phi) is 4.08. The van der Waals surface area contributed by atoms with Gasteiger partial charge in [0.1, 0.15) is 0 Å². The number of unbranched alkanes of at least 4 members (excludes halogenated alkanes) is 2. The molecule has 0 unspecified atom stereocenters. The van der Waals surface area contributed by atoms with Gasteiger partial charge in [0, 0.05) is 0 Å². The monoisotopic (exact) mass is 150 g/mol. The van der Waals surface area contributed by atoms with Crippen LogP contribution in [0.1, 0.15) is 45.4 Å². The molecule has 0 heteroatoms. The van der Waals surface area contributed by atoms with Crippen LogP contribution in [0, 0.1) is 5.92 Å². The molecule has 0 spiro atoms. The molecule has 0 radical (unpaired) electrons. The van der Waals surface area contributed by atoms with E-state index in [1.165, 1.54) is 38.5 Å². The molecule has 1 rings (SSSR count). The molecule has 0 amide bonds. The maximum Gasteiger partial charge on any atom is -0.0158 e. The summed E-state index contributed by atoms with van der Waals surface area (Å²) in [6.45, 7) is 2.23. The standard InChI is InChI=1S/C11H18/c1-2-3-4-5-6-8-11-9-7-10-11/h5,8,11H,2-4,7,9-10H2,1H3. The first kappa shape index (κ1) is 8.62. The third-order valence-corrected chi connectivity index (χ3v) is 2.30. The summed E-state index contributed by atoms with van der Waals surface area (Å²) in [5, 5.41) is 0. The third-order valence-electron chi connectivity index (χ3n) is 2.30. The summed E-state index contributed by atoms with van der Waals surface area (Å²) in [6, 6.07) is 0. The van der Waals surface area contributed by atoms with Gasteiger partial charge in [0.2, 0.25) is 0 Å². The number of hydrogen-bond acceptors (Lipinski definition) is 0. The zero-order chi connectivity index (χ0) is 7.94. The number of hydrogen-bond donors (Lipinski definition) is 0. The highest BCUT2D eigenvalue weighted by atomic mass is 14.2. The summed E-state index contributed by atoms with van der Waals surface area (Å²) in [6.07, 6.45) is 12.5. The number of rotatable bonds is 4. The first-order chi connectivity index (χ1) is 5.43. The van der Waals surface area contributed by atoms with Gasteiger partial charge >= 0.3 is 0 Å². The smallest absolute Gasteiger partial charge is 0.0158 e. The molecule has 0 N–H and O–H groups in total. The highest BCUT2D eigenvalue weighted by Gasteiger charge is 2.12. The lowest BCUT2D eigenvalue weighted by atomic mass is 9.86. The Morgan fingerprint density at radius 2 is 2.27 bits per heavy atom. The van der Waals surface area contributed by atoms with E-state index in [2.05, 4.69) is 24.8 Å². The molecule has 0 atom stereocenters. The van der Waals surface area contributed by atoms with Gasteiger partial charge in [-0.2, -0.15) is 0 Å². The highest BCUT2D eigenvalue weighted by molar-refractivity contribution is 4.93. The Balaban J connectivity index is 2.06. The topological polar surface area (TPSA) is 0 Å². The predicted octanol–water partition coefficient (Wildman–Crippen LogP) is 3.69. The van der Waals surface area contributed by atoms with Gasteiger partial charge in [-0.3, -0.25) is 0 Å². The van der Waals surface area contributed by atoms with Crippen molar-refractivity contribution in [3.05, 3.63) is 17.9 Å². The second-order valence-corrected chi connectivity index (χ2v) is 3.37. The Morgan fingerprint density at radius 1 is 1.45 bits per heavy atom. The molecule has 1 saturated carbocycles. The average molecular weight is 150 g/mol. The maximum absolute atomic E-state index is 3.27. The summed E-state index contributed by atoms with van der Waals surface area (Å²) in [4.78, 5) is 0. The van der Waals surface area contributed by atoms with E-state index in [1.54, 1.807) is 0 Å². The van der Waals surface area contributed by atoms with Crippen LogP contribution in [0.25, 0.3) is 0 Å². The van der Waals surface area contributed by atoms with Crippen LogP contribution >= 0.6 is 0 Å². The minimum atomic E-state index is 0.868. The van der Waals surface area contributed by atoms with E-state index >= 15 is 0 Å². The first-order valence-electron chi connectivity index (χ1n) is 4.84. The van der Waals surface area contributed by atoms with Crippen LogP contribution in [0.5, 0.6) is 0 Å². The van der Waals surface area contributed by atoms with Crippen molar-refractivity contribution < 1.29 is 0 Å². The summed E-state index contributed by atoms with van der Waals surface area (Å²) >= 11 is 0. The average Bonchev–Trinajstić information content (AvgIpc) is 1.93. The van der Waals surface area contributed by atoms with Crippen LogP contribution in [0.15, 0.2) is 17.9 Å². The molecule has 1 aliphatic rings. The zero-order valence-corrected chi connectivity index (χ0v) is 7.47. The number of allylic oxidation sites excluding steroid dienone is 1. The maximum atomic E-state index is 3.27. The van der Waals surface area contributed by atoms with E-state index in [9.17, 15) is 0 Å². The van der Waals surface area contributed by atoms with Gasteiger partial charge in [0.05, 0.1) is 0 Å². The van der Waals surface area contributed by atoms with Crippen molar-refractivity contribution in [1.29, 1.82) is 0 Å². The van der Waals surface area contributed by atoms with Crippen molar-refractivity contribution in [2.75, 3.05) is 0 Å². The molecule has 11 heavy (non-hydrogen) atoms. The fraction of sp³-hybridized carbons (Fsp3) is 0.727. The van der Waals surface area contributed by atoms with Gasteiger partial charge in [-0.1, -0.05) is 19.8 Å². The van der Waals surface area contributed by atoms with Crippen molar-refractivity contribution in [2.45, 2.75) is 45.4 Å². The van der Waals surface area contributed by atoms with Gasteiger partial charge in [-0.15, -0.1) is 5.73 Å². The summed E-state index contributed by atoms with van der Waals surface area (Å²) < 4.78 is 0. The summed E-state index contributed by atoms with van der Waals surface area (Å²) in [7, 11) is 0. The van der Waals surface area contributed by atoms with Gasteiger partial charge in [0.25, 0.3) is 0 Å². The van der Waals surface area contributed by atoms with Crippen molar-refractivity contribution in [1.82, 2.24) is 0 Å². The Labute approximate surface area is 70.0 Å². The minimum Gasteiger partial charge on any atom is -0.129 e. The lowest BCUT2D eigenvalue weighted by molar-refractivity contribution is 0.388. The van der Waals surface area contributed by atoms with Crippen LogP contribution in [0.3, 0.4) is 0 Å². The van der Waals surface area contributed by atoms with Gasteiger partial charge in [0.15, 0.2) is 0 Å². The minimum absolute atomic E-state index is 0.868. The van der Waals surface area contributed by atoms with Crippen molar-refractivity contribution >= 4 is 0 Å². The molecule has 62 valence electrons. The molecule has 0 aromatic carbocycles. The molecule has 0 heterocycles. The fourth-order valence-electron chi connectivity index (χ4n) is 1.20. The molecular weight excluding hydrogens is 132 g/mol. The van der Waals surface area contributed by atoms with Crippen LogP contribution in [-0.4, -0.2) is 0 Å². The van der Waals surface area contributed by atoms with E-state index in [4.69, 9.17) is 0 Å². The second-order valence-electron chi connectivity index (χ2n) is 3.37. The van der Waals surface area contributed by atoms with E-state index < -0.39 is 0 Å². The van der Waals surface area contributed by atoms with Gasteiger partial charge < -0.3 is 0 Å². The molecule has 0 aromatic rings. The SMILES string of the molecule is CCCCC=C=CC1CCC1. The van der Waals surface area contributed by atoms with Crippen LogP contribution in [-0.2, 0) is 0 Å². The van der Waals surface area contributed by atoms with Crippen LogP contribution in [0.2, 0.25) is 0 Å². The van der Waals surface area contributed by atoms with Crippen molar-refractivity contribution in [3.8, 4) is 0 Å². The lowest BCUT2D eigenvalue weighted by Gasteiger charge is -2.19. The molecule has 1 fully saturated rings. The third kappa shape index (κ3) is 3.43. The zero-order valence-electron chi connectivity index (χ0n) is 7.47. The summed E-state index contributed by atoms with van der Waals surface area (Å²) in [5.74, 6) is 0.868. The Hall–Kier alpha value is -0.480. The fourth-order valence-corrected chi connectivity index (χ4v) is 1.20. The van der Waals surface area contributed by atoms with Crippen molar-refractivity contribution in [2.24, 2.45) is 5.92 Å². The Morgan fingerprint density at radius 3 is 2.82 bits per heavy atom. The molecule has 0 saturated heterocycles. The van der Waals surface area contributed by atoms with E-state index in [0.29, 0.717) is 0 Å². The predicted molar refractivity (Wildman–Crippen MR) is 49.5 cm³/mol. The normalized spacial score (nSPS) is 16.8. The van der Waals surface area contributed by atoms with Gasteiger partial charge in [-0.25, -0.2) is 0 Å².